The summed E-state index contributed by atoms with van der Waals surface area (Å²) in [6.07, 6.45) is 10.7. The second-order valence-electron chi connectivity index (χ2n) is 7.05. The number of nitriles is 1. The van der Waals surface area contributed by atoms with E-state index in [1.807, 2.05) is 13.8 Å². The molecule has 0 atom stereocenters. The Bertz CT molecular complexity index is 356. The molecule has 0 heterocycles. The summed E-state index contributed by atoms with van der Waals surface area (Å²) in [5.41, 5.74) is 0.678. The molecular formula is C20H37NO. The van der Waals surface area contributed by atoms with Gasteiger partial charge in [-0.3, -0.25) is 4.79 Å². The van der Waals surface area contributed by atoms with Crippen molar-refractivity contribution >= 4 is 5.78 Å². The molecule has 0 aromatic rings. The van der Waals surface area contributed by atoms with Gasteiger partial charge in [0, 0.05) is 18.8 Å². The highest BCUT2D eigenvalue weighted by Crippen LogP contribution is 2.57. The van der Waals surface area contributed by atoms with Gasteiger partial charge in [0.1, 0.15) is 5.78 Å². The van der Waals surface area contributed by atoms with Crippen LogP contribution < -0.4 is 0 Å². The van der Waals surface area contributed by atoms with Crippen molar-refractivity contribution in [3.05, 3.63) is 0 Å². The predicted molar refractivity (Wildman–Crippen MR) is 94.6 cm³/mol. The van der Waals surface area contributed by atoms with Crippen LogP contribution in [0.5, 0.6) is 0 Å². The second kappa shape index (κ2) is 10.0. The van der Waals surface area contributed by atoms with Crippen LogP contribution in [0.3, 0.4) is 0 Å². The maximum Gasteiger partial charge on any atom is 0.139 e. The number of fused-ring (bicyclic) bond motifs is 4. The van der Waals surface area contributed by atoms with E-state index < -0.39 is 0 Å². The lowest BCUT2D eigenvalue weighted by atomic mass is 9.60. The molecule has 0 amide bonds. The van der Waals surface area contributed by atoms with Crippen LogP contribution in [-0.2, 0) is 4.79 Å². The van der Waals surface area contributed by atoms with Crippen LogP contribution in [0.1, 0.15) is 99.3 Å². The fourth-order valence-electron chi connectivity index (χ4n) is 4.28. The lowest BCUT2D eigenvalue weighted by Gasteiger charge is -2.44. The summed E-state index contributed by atoms with van der Waals surface area (Å²) in [5.74, 6) is 1.37. The molecule has 3 rings (SSSR count). The predicted octanol–water partition coefficient (Wildman–Crippen LogP) is 6.30. The fourth-order valence-corrected chi connectivity index (χ4v) is 4.28. The standard InChI is InChI=1S/C16H28O.C2H3N.C2H6/c1-4-6-14(17)16-8-5-7-15(9-11-16,10-12-16)13(2)3;1-2-3;1-2/h13H,4-12H2,1-3H3;1H3;1-2H3. The maximum absolute atomic E-state index is 12.4. The van der Waals surface area contributed by atoms with Gasteiger partial charge in [-0.2, -0.15) is 5.26 Å². The van der Waals surface area contributed by atoms with E-state index in [-0.39, 0.29) is 5.41 Å². The Labute approximate surface area is 138 Å². The molecule has 2 bridgehead atoms. The van der Waals surface area contributed by atoms with Crippen molar-refractivity contribution in [1.29, 1.82) is 5.26 Å². The molecule has 0 radical (unpaired) electrons. The van der Waals surface area contributed by atoms with E-state index in [2.05, 4.69) is 20.8 Å². The number of hydrogen-bond acceptors (Lipinski definition) is 2. The van der Waals surface area contributed by atoms with Gasteiger partial charge in [0.25, 0.3) is 0 Å². The molecule has 0 aromatic carbocycles. The largest absolute Gasteiger partial charge is 0.299 e. The van der Waals surface area contributed by atoms with Crippen LogP contribution in [0.4, 0.5) is 0 Å². The summed E-state index contributed by atoms with van der Waals surface area (Å²) in [6.45, 7) is 12.3. The summed E-state index contributed by atoms with van der Waals surface area (Å²) in [6, 6.07) is 1.75. The molecule has 0 aliphatic heterocycles. The molecule has 0 spiro atoms. The van der Waals surface area contributed by atoms with Crippen LogP contribution >= 0.6 is 0 Å². The Balaban J connectivity index is 0.000000789. The highest BCUT2D eigenvalue weighted by molar-refractivity contribution is 5.85. The number of Topliss-reactive ketones (excluding diaryl/α,β-unsaturated/α-hetero) is 1. The molecular weight excluding hydrogens is 270 g/mol. The molecule has 0 unspecified atom stereocenters. The first kappa shape index (κ1) is 21.2. The van der Waals surface area contributed by atoms with E-state index in [1.165, 1.54) is 51.9 Å². The maximum atomic E-state index is 12.4. The lowest BCUT2D eigenvalue weighted by Crippen LogP contribution is -2.38. The van der Waals surface area contributed by atoms with E-state index in [0.717, 1.165) is 18.8 Å². The SMILES string of the molecule is CC.CC#N.CCCC(=O)C12CCCC(C(C)C)(CC1)CC2. The van der Waals surface area contributed by atoms with E-state index in [1.54, 1.807) is 6.07 Å². The number of carbonyl (C=O) groups excluding carboxylic acids is 1. The summed E-state index contributed by atoms with van der Waals surface area (Å²) < 4.78 is 0. The van der Waals surface area contributed by atoms with Gasteiger partial charge in [0.2, 0.25) is 0 Å². The highest BCUT2D eigenvalue weighted by Gasteiger charge is 2.49. The number of hydrogen-bond donors (Lipinski definition) is 0. The number of rotatable bonds is 4. The lowest BCUT2D eigenvalue weighted by molar-refractivity contribution is -0.132. The summed E-state index contributed by atoms with van der Waals surface area (Å²) >= 11 is 0. The average Bonchev–Trinajstić information content (AvgIpc) is 2.83. The Morgan fingerprint density at radius 1 is 1.09 bits per heavy atom. The highest BCUT2D eigenvalue weighted by atomic mass is 16.1. The molecule has 0 N–H and O–H groups in total. The molecule has 128 valence electrons. The van der Waals surface area contributed by atoms with E-state index in [0.29, 0.717) is 11.2 Å². The van der Waals surface area contributed by atoms with Crippen molar-refractivity contribution in [3.63, 3.8) is 0 Å². The minimum atomic E-state index is 0.102. The normalized spacial score (nSPS) is 29.4. The van der Waals surface area contributed by atoms with Crippen molar-refractivity contribution in [2.75, 3.05) is 0 Å². The fraction of sp³-hybridized carbons (Fsp3) is 0.900. The van der Waals surface area contributed by atoms with Gasteiger partial charge in [-0.25, -0.2) is 0 Å². The summed E-state index contributed by atoms with van der Waals surface area (Å²) in [5, 5.41) is 7.32. The summed E-state index contributed by atoms with van der Waals surface area (Å²) in [7, 11) is 0. The number of carbonyl (C=O) groups is 1. The first-order chi connectivity index (χ1) is 10.5. The molecule has 3 aliphatic carbocycles. The smallest absolute Gasteiger partial charge is 0.139 e. The molecule has 3 aliphatic rings. The molecule has 3 saturated carbocycles. The van der Waals surface area contributed by atoms with Crippen LogP contribution in [0, 0.1) is 28.1 Å². The van der Waals surface area contributed by atoms with Gasteiger partial charge < -0.3 is 0 Å². The van der Waals surface area contributed by atoms with Gasteiger partial charge in [0.15, 0.2) is 0 Å². The monoisotopic (exact) mass is 307 g/mol. The zero-order chi connectivity index (χ0) is 17.2. The summed E-state index contributed by atoms with van der Waals surface area (Å²) in [4.78, 5) is 12.4. The average molecular weight is 308 g/mol. The Morgan fingerprint density at radius 3 is 2.00 bits per heavy atom. The van der Waals surface area contributed by atoms with Crippen LogP contribution in [0.15, 0.2) is 0 Å². The third-order valence-corrected chi connectivity index (χ3v) is 5.83. The van der Waals surface area contributed by atoms with Crippen LogP contribution in [0.2, 0.25) is 0 Å². The van der Waals surface area contributed by atoms with E-state index >= 15 is 0 Å². The first-order valence-corrected chi connectivity index (χ1v) is 9.30. The number of ketones is 1. The van der Waals surface area contributed by atoms with E-state index in [4.69, 9.17) is 5.26 Å². The van der Waals surface area contributed by atoms with Crippen molar-refractivity contribution in [1.82, 2.24) is 0 Å². The zero-order valence-electron chi connectivity index (χ0n) is 15.8. The van der Waals surface area contributed by atoms with Crippen LogP contribution in [-0.4, -0.2) is 5.78 Å². The first-order valence-electron chi connectivity index (χ1n) is 9.30. The molecule has 2 nitrogen and oxygen atoms in total. The van der Waals surface area contributed by atoms with Crippen molar-refractivity contribution < 1.29 is 4.79 Å². The third-order valence-electron chi connectivity index (χ3n) is 5.83. The van der Waals surface area contributed by atoms with Crippen LogP contribution in [0.25, 0.3) is 0 Å². The van der Waals surface area contributed by atoms with Gasteiger partial charge in [-0.05, 0) is 56.3 Å². The molecule has 3 fully saturated rings. The molecule has 0 saturated heterocycles. The van der Waals surface area contributed by atoms with Crippen molar-refractivity contribution in [2.24, 2.45) is 16.7 Å². The van der Waals surface area contributed by atoms with Gasteiger partial charge >= 0.3 is 0 Å². The number of nitrogens with zero attached hydrogens (tertiary/aromatic N) is 1. The second-order valence-corrected chi connectivity index (χ2v) is 7.05. The topological polar surface area (TPSA) is 40.9 Å². The van der Waals surface area contributed by atoms with Crippen molar-refractivity contribution in [3.8, 4) is 6.07 Å². The van der Waals surface area contributed by atoms with E-state index in [9.17, 15) is 4.79 Å². The minimum Gasteiger partial charge on any atom is -0.299 e. The van der Waals surface area contributed by atoms with Gasteiger partial charge in [0.05, 0.1) is 6.07 Å². The van der Waals surface area contributed by atoms with Gasteiger partial charge in [-0.1, -0.05) is 41.0 Å². The third kappa shape index (κ3) is 4.83. The Hall–Kier alpha value is -0.840. The molecule has 22 heavy (non-hydrogen) atoms. The quantitative estimate of drug-likeness (QED) is 0.611. The van der Waals surface area contributed by atoms with Gasteiger partial charge in [-0.15, -0.1) is 0 Å². The van der Waals surface area contributed by atoms with Crippen molar-refractivity contribution in [2.45, 2.75) is 99.3 Å². The molecule has 0 aromatic heterocycles. The minimum absolute atomic E-state index is 0.102. The zero-order valence-corrected chi connectivity index (χ0v) is 15.8. The Kier molecular flexibility index (Phi) is 9.65. The molecule has 2 heteroatoms. The Morgan fingerprint density at radius 2 is 1.59 bits per heavy atom.